The number of aryl methyl sites for hydroxylation is 2. The zero-order valence-electron chi connectivity index (χ0n) is 16.0. The van der Waals surface area contributed by atoms with Gasteiger partial charge in [-0.3, -0.25) is 4.68 Å². The summed E-state index contributed by atoms with van der Waals surface area (Å²) in [5.41, 5.74) is 3.68. The quantitative estimate of drug-likeness (QED) is 0.474. The first kappa shape index (κ1) is 20.0. The van der Waals surface area contributed by atoms with Crippen molar-refractivity contribution >= 4 is 39.6 Å². The minimum Gasteiger partial charge on any atom is -0.465 e. The predicted octanol–water partition coefficient (Wildman–Crippen LogP) is 3.65. The number of hydrogen-bond donors (Lipinski definition) is 2. The number of carbonyl (C=O) groups excluding carboxylic acids is 1. The summed E-state index contributed by atoms with van der Waals surface area (Å²) < 4.78 is 6.69. The van der Waals surface area contributed by atoms with Crippen LogP contribution in [0.5, 0.6) is 0 Å². The molecule has 0 radical (unpaired) electrons. The van der Waals surface area contributed by atoms with Gasteiger partial charge in [-0.25, -0.2) is 4.79 Å². The number of nitrogens with one attached hydrogen (secondary N) is 2. The highest BCUT2D eigenvalue weighted by atomic mass is 32.1. The average Bonchev–Trinajstić information content (AvgIpc) is 3.22. The Morgan fingerprint density at radius 1 is 1.32 bits per heavy atom. The third-order valence-electron chi connectivity index (χ3n) is 4.19. The molecule has 8 heteroatoms. The lowest BCUT2D eigenvalue weighted by atomic mass is 10.1. The first-order valence-corrected chi connectivity index (χ1v) is 9.97. The molecule has 6 nitrogen and oxygen atoms in total. The summed E-state index contributed by atoms with van der Waals surface area (Å²) in [5.74, 6) is -0.385. The van der Waals surface area contributed by atoms with Crippen LogP contribution >= 0.6 is 23.6 Å². The van der Waals surface area contributed by atoms with E-state index in [1.807, 2.05) is 44.4 Å². The summed E-state index contributed by atoms with van der Waals surface area (Å²) in [5, 5.41) is 11.7. The number of benzene rings is 1. The van der Waals surface area contributed by atoms with Crippen LogP contribution in [0.1, 0.15) is 32.1 Å². The molecule has 2 heterocycles. The highest BCUT2D eigenvalue weighted by Crippen LogP contribution is 2.30. The van der Waals surface area contributed by atoms with E-state index in [9.17, 15) is 4.79 Å². The molecule has 0 saturated heterocycles. The summed E-state index contributed by atoms with van der Waals surface area (Å²) in [7, 11) is 3.26. The smallest absolute Gasteiger partial charge is 0.340 e. The van der Waals surface area contributed by atoms with Crippen LogP contribution in [0.3, 0.4) is 0 Å². The van der Waals surface area contributed by atoms with Crippen LogP contribution in [-0.4, -0.2) is 28.0 Å². The van der Waals surface area contributed by atoms with Crippen LogP contribution in [0.4, 0.5) is 5.00 Å². The van der Waals surface area contributed by atoms with Gasteiger partial charge in [0, 0.05) is 36.7 Å². The second kappa shape index (κ2) is 8.99. The molecule has 0 aliphatic carbocycles. The van der Waals surface area contributed by atoms with Gasteiger partial charge in [0.15, 0.2) is 5.11 Å². The molecule has 0 saturated carbocycles. The molecule has 2 N–H and O–H groups in total. The standard InChI is InChI=1S/C20H22N4O2S2/c1-13-15(12-24(2)23-13)11-21-20(27)22-18-17(19(25)26-3)10-16(28-18)9-14-7-5-4-6-8-14/h4-8,10,12H,9,11H2,1-3H3,(H2,21,22,27). The Morgan fingerprint density at radius 2 is 2.07 bits per heavy atom. The van der Waals surface area contributed by atoms with E-state index in [1.165, 1.54) is 24.0 Å². The van der Waals surface area contributed by atoms with E-state index in [4.69, 9.17) is 17.0 Å². The van der Waals surface area contributed by atoms with Gasteiger partial charge in [0.1, 0.15) is 5.00 Å². The van der Waals surface area contributed by atoms with Crippen molar-refractivity contribution in [1.82, 2.24) is 15.1 Å². The van der Waals surface area contributed by atoms with Crippen molar-refractivity contribution in [1.29, 1.82) is 0 Å². The topological polar surface area (TPSA) is 68.2 Å². The summed E-state index contributed by atoms with van der Waals surface area (Å²) in [4.78, 5) is 13.2. The Balaban J connectivity index is 1.71. The lowest BCUT2D eigenvalue weighted by Crippen LogP contribution is -2.28. The Labute approximate surface area is 173 Å². The van der Waals surface area contributed by atoms with Crippen LogP contribution < -0.4 is 10.6 Å². The van der Waals surface area contributed by atoms with Gasteiger partial charge in [0.05, 0.1) is 18.4 Å². The molecule has 0 fully saturated rings. The monoisotopic (exact) mass is 414 g/mol. The van der Waals surface area contributed by atoms with Crippen LogP contribution in [0.15, 0.2) is 42.6 Å². The molecule has 0 amide bonds. The molecule has 0 spiro atoms. The summed E-state index contributed by atoms with van der Waals surface area (Å²) in [6.45, 7) is 2.51. The highest BCUT2D eigenvalue weighted by Gasteiger charge is 2.18. The fourth-order valence-corrected chi connectivity index (χ4v) is 4.15. The molecular formula is C20H22N4O2S2. The molecule has 146 valence electrons. The van der Waals surface area contributed by atoms with E-state index in [1.54, 1.807) is 4.68 Å². The van der Waals surface area contributed by atoms with Crippen LogP contribution in [0, 0.1) is 6.92 Å². The van der Waals surface area contributed by atoms with Crippen molar-refractivity contribution in [2.24, 2.45) is 7.05 Å². The van der Waals surface area contributed by atoms with E-state index >= 15 is 0 Å². The van der Waals surface area contributed by atoms with Gasteiger partial charge in [0.25, 0.3) is 0 Å². The Morgan fingerprint density at radius 3 is 2.71 bits per heavy atom. The van der Waals surface area contributed by atoms with Crippen LogP contribution in [0.2, 0.25) is 0 Å². The molecule has 3 aromatic rings. The molecule has 0 aliphatic rings. The zero-order chi connectivity index (χ0) is 20.1. The summed E-state index contributed by atoms with van der Waals surface area (Å²) >= 11 is 6.91. The molecule has 1 aromatic carbocycles. The third-order valence-corrected chi connectivity index (χ3v) is 5.49. The van der Waals surface area contributed by atoms with E-state index in [0.717, 1.165) is 22.6 Å². The molecular weight excluding hydrogens is 392 g/mol. The second-order valence-electron chi connectivity index (χ2n) is 6.33. The lowest BCUT2D eigenvalue weighted by Gasteiger charge is -2.10. The fourth-order valence-electron chi connectivity index (χ4n) is 2.83. The molecule has 0 aliphatic heterocycles. The molecule has 28 heavy (non-hydrogen) atoms. The number of esters is 1. The van der Waals surface area contributed by atoms with Gasteiger partial charge < -0.3 is 15.4 Å². The average molecular weight is 415 g/mol. The maximum absolute atomic E-state index is 12.2. The van der Waals surface area contributed by atoms with E-state index < -0.39 is 0 Å². The van der Waals surface area contributed by atoms with Gasteiger partial charge in [-0.05, 0) is 30.8 Å². The Hall–Kier alpha value is -2.71. The fraction of sp³-hybridized carbons (Fsp3) is 0.250. The van der Waals surface area contributed by atoms with Gasteiger partial charge in [-0.1, -0.05) is 30.3 Å². The number of rotatable bonds is 6. The second-order valence-corrected chi connectivity index (χ2v) is 7.88. The number of nitrogens with zero attached hydrogens (tertiary/aromatic N) is 2. The maximum Gasteiger partial charge on any atom is 0.340 e. The van der Waals surface area contributed by atoms with Crippen LogP contribution in [-0.2, 0) is 24.8 Å². The number of aromatic nitrogens is 2. The van der Waals surface area contributed by atoms with Crippen molar-refractivity contribution in [2.75, 3.05) is 12.4 Å². The van der Waals surface area contributed by atoms with Crippen molar-refractivity contribution in [3.8, 4) is 0 Å². The van der Waals surface area contributed by atoms with E-state index in [0.29, 0.717) is 22.2 Å². The van der Waals surface area contributed by atoms with Crippen molar-refractivity contribution in [3.63, 3.8) is 0 Å². The zero-order valence-corrected chi connectivity index (χ0v) is 17.6. The number of hydrogen-bond acceptors (Lipinski definition) is 5. The maximum atomic E-state index is 12.2. The number of thiocarbonyl (C=S) groups is 1. The molecule has 3 rings (SSSR count). The van der Waals surface area contributed by atoms with Crippen molar-refractivity contribution in [3.05, 3.63) is 69.9 Å². The normalized spacial score (nSPS) is 10.5. The van der Waals surface area contributed by atoms with E-state index in [2.05, 4.69) is 27.9 Å². The first-order chi connectivity index (χ1) is 13.5. The van der Waals surface area contributed by atoms with E-state index in [-0.39, 0.29) is 5.97 Å². The van der Waals surface area contributed by atoms with Gasteiger partial charge >= 0.3 is 5.97 Å². The SMILES string of the molecule is COC(=O)c1cc(Cc2ccccc2)sc1NC(=S)NCc1cn(C)nc1C. The lowest BCUT2D eigenvalue weighted by molar-refractivity contribution is 0.0602. The Bertz CT molecular complexity index is 980. The molecule has 0 bridgehead atoms. The van der Waals surface area contributed by atoms with Gasteiger partial charge in [0.2, 0.25) is 0 Å². The largest absolute Gasteiger partial charge is 0.465 e. The molecule has 0 unspecified atom stereocenters. The molecule has 2 aromatic heterocycles. The van der Waals surface area contributed by atoms with Gasteiger partial charge in [-0.2, -0.15) is 5.10 Å². The van der Waals surface area contributed by atoms with Crippen molar-refractivity contribution < 1.29 is 9.53 Å². The summed E-state index contributed by atoms with van der Waals surface area (Å²) in [6.07, 6.45) is 2.69. The first-order valence-electron chi connectivity index (χ1n) is 8.75. The third kappa shape index (κ3) is 4.96. The number of carbonyl (C=O) groups is 1. The van der Waals surface area contributed by atoms with Crippen molar-refractivity contribution in [2.45, 2.75) is 19.9 Å². The summed E-state index contributed by atoms with van der Waals surface area (Å²) in [6, 6.07) is 12.0. The minimum absolute atomic E-state index is 0.385. The number of ether oxygens (including phenoxy) is 1. The minimum atomic E-state index is -0.385. The molecule has 0 atom stereocenters. The number of thiophene rings is 1. The predicted molar refractivity (Wildman–Crippen MR) is 116 cm³/mol. The Kier molecular flexibility index (Phi) is 6.43. The highest BCUT2D eigenvalue weighted by molar-refractivity contribution is 7.80. The number of methoxy groups -OCH3 is 1. The van der Waals surface area contributed by atoms with Gasteiger partial charge in [-0.15, -0.1) is 11.3 Å². The van der Waals surface area contributed by atoms with Crippen LogP contribution in [0.25, 0.3) is 0 Å². The number of anilines is 1.